The van der Waals surface area contributed by atoms with Gasteiger partial charge in [-0.15, -0.1) is 0 Å². The molecular formula is C15H23N5O2. The molecule has 0 aromatic carbocycles. The van der Waals surface area contributed by atoms with E-state index in [0.29, 0.717) is 6.61 Å². The molecule has 2 aromatic heterocycles. The van der Waals surface area contributed by atoms with E-state index in [-0.39, 0.29) is 6.10 Å². The first-order valence-corrected chi connectivity index (χ1v) is 7.61. The van der Waals surface area contributed by atoms with Crippen molar-refractivity contribution < 1.29 is 9.47 Å². The Labute approximate surface area is 130 Å². The van der Waals surface area contributed by atoms with Gasteiger partial charge in [-0.3, -0.25) is 9.36 Å². The molecule has 0 saturated carbocycles. The van der Waals surface area contributed by atoms with E-state index in [2.05, 4.69) is 21.7 Å². The number of hydrogen-bond donors (Lipinski definition) is 1. The molecule has 0 bridgehead atoms. The Hall–Kier alpha value is -1.70. The molecule has 0 aliphatic carbocycles. The molecule has 3 heterocycles. The molecule has 3 rings (SSSR count). The molecular weight excluding hydrogens is 282 g/mol. The van der Waals surface area contributed by atoms with Crippen molar-refractivity contribution in [2.45, 2.75) is 25.6 Å². The lowest BCUT2D eigenvalue weighted by atomic mass is 10.1. The summed E-state index contributed by atoms with van der Waals surface area (Å²) in [5.41, 5.74) is 3.51. The highest BCUT2D eigenvalue weighted by molar-refractivity contribution is 5.22. The van der Waals surface area contributed by atoms with Crippen molar-refractivity contribution >= 4 is 0 Å². The molecule has 1 N–H and O–H groups in total. The number of aryl methyl sites for hydroxylation is 1. The van der Waals surface area contributed by atoms with E-state index >= 15 is 0 Å². The van der Waals surface area contributed by atoms with Crippen molar-refractivity contribution in [3.05, 3.63) is 35.4 Å². The molecule has 0 spiro atoms. The molecule has 7 heteroatoms. The van der Waals surface area contributed by atoms with Crippen molar-refractivity contribution in [2.75, 3.05) is 26.9 Å². The number of rotatable bonds is 7. The Kier molecular flexibility index (Phi) is 4.87. The molecule has 1 aliphatic rings. The van der Waals surface area contributed by atoms with E-state index in [1.54, 1.807) is 7.11 Å². The maximum Gasteiger partial charge on any atom is 0.114 e. The normalized spacial score (nSPS) is 17.6. The number of aromatic nitrogens is 4. The molecule has 1 atom stereocenters. The van der Waals surface area contributed by atoms with Crippen LogP contribution in [0.5, 0.6) is 0 Å². The molecule has 120 valence electrons. The van der Waals surface area contributed by atoms with Crippen LogP contribution >= 0.6 is 0 Å². The maximum absolute atomic E-state index is 5.87. The number of hydrogen-bond acceptors (Lipinski definition) is 5. The lowest BCUT2D eigenvalue weighted by Gasteiger charge is -2.22. The predicted octanol–water partition coefficient (Wildman–Crippen LogP) is 0.667. The van der Waals surface area contributed by atoms with E-state index < -0.39 is 0 Å². The van der Waals surface area contributed by atoms with E-state index in [4.69, 9.17) is 9.47 Å². The quantitative estimate of drug-likeness (QED) is 0.814. The van der Waals surface area contributed by atoms with Crippen LogP contribution in [0.15, 0.2) is 18.6 Å². The van der Waals surface area contributed by atoms with Crippen molar-refractivity contribution in [1.29, 1.82) is 0 Å². The number of nitrogens with zero attached hydrogens (tertiary/aromatic N) is 4. The average molecular weight is 305 g/mol. The summed E-state index contributed by atoms with van der Waals surface area (Å²) in [4.78, 5) is 0. The van der Waals surface area contributed by atoms with Gasteiger partial charge in [0.15, 0.2) is 0 Å². The van der Waals surface area contributed by atoms with Gasteiger partial charge in [-0.05, 0) is 12.0 Å². The summed E-state index contributed by atoms with van der Waals surface area (Å²) >= 11 is 0. The lowest BCUT2D eigenvalue weighted by molar-refractivity contribution is 0.0392. The molecule has 2 aromatic rings. The van der Waals surface area contributed by atoms with Gasteiger partial charge < -0.3 is 14.8 Å². The van der Waals surface area contributed by atoms with Crippen molar-refractivity contribution in [3.63, 3.8) is 0 Å². The number of fused-ring (bicyclic) bond motifs is 1. The molecule has 0 fully saturated rings. The third-order valence-corrected chi connectivity index (χ3v) is 3.81. The highest BCUT2D eigenvalue weighted by atomic mass is 16.5. The van der Waals surface area contributed by atoms with Gasteiger partial charge in [0.1, 0.15) is 6.10 Å². The maximum atomic E-state index is 5.87. The third-order valence-electron chi connectivity index (χ3n) is 3.81. The number of ether oxygens (including phenoxy) is 2. The van der Waals surface area contributed by atoms with Gasteiger partial charge in [-0.1, -0.05) is 0 Å². The summed E-state index contributed by atoms with van der Waals surface area (Å²) in [5, 5.41) is 12.2. The standard InChI is InChI=1S/C15H23N5O2/c1-19-10-12(8-17-19)7-16-9-14-15-13(3-5-22-14)11-20(18-15)4-6-21-2/h8,10-11,14,16H,3-7,9H2,1-2H3. The highest BCUT2D eigenvalue weighted by Crippen LogP contribution is 2.25. The summed E-state index contributed by atoms with van der Waals surface area (Å²) in [6.07, 6.45) is 6.95. The second kappa shape index (κ2) is 7.04. The van der Waals surface area contributed by atoms with Crippen LogP contribution in [0.2, 0.25) is 0 Å². The second-order valence-electron chi connectivity index (χ2n) is 5.56. The molecule has 1 unspecified atom stereocenters. The van der Waals surface area contributed by atoms with Crippen LogP contribution in [0.1, 0.15) is 22.9 Å². The number of methoxy groups -OCH3 is 1. The first-order valence-electron chi connectivity index (χ1n) is 7.61. The predicted molar refractivity (Wildman–Crippen MR) is 81.4 cm³/mol. The van der Waals surface area contributed by atoms with Crippen molar-refractivity contribution in [1.82, 2.24) is 24.9 Å². The second-order valence-corrected chi connectivity index (χ2v) is 5.56. The zero-order chi connectivity index (χ0) is 15.4. The molecule has 0 radical (unpaired) electrons. The Morgan fingerprint density at radius 3 is 3.14 bits per heavy atom. The van der Waals surface area contributed by atoms with E-state index in [9.17, 15) is 0 Å². The fourth-order valence-corrected chi connectivity index (χ4v) is 2.70. The summed E-state index contributed by atoms with van der Waals surface area (Å²) in [6.45, 7) is 3.74. The van der Waals surface area contributed by atoms with Gasteiger partial charge in [0, 0.05) is 45.2 Å². The fraction of sp³-hybridized carbons (Fsp3) is 0.600. The van der Waals surface area contributed by atoms with Gasteiger partial charge in [0.05, 0.1) is 31.6 Å². The molecule has 7 nitrogen and oxygen atoms in total. The minimum Gasteiger partial charge on any atom is -0.383 e. The monoisotopic (exact) mass is 305 g/mol. The molecule has 1 aliphatic heterocycles. The summed E-state index contributed by atoms with van der Waals surface area (Å²) in [7, 11) is 3.63. The van der Waals surface area contributed by atoms with Crippen LogP contribution < -0.4 is 5.32 Å². The lowest BCUT2D eigenvalue weighted by Crippen LogP contribution is -2.27. The Morgan fingerprint density at radius 2 is 2.36 bits per heavy atom. The summed E-state index contributed by atoms with van der Waals surface area (Å²) in [6, 6.07) is 0. The Bertz CT molecular complexity index is 607. The third kappa shape index (κ3) is 3.55. The zero-order valence-electron chi connectivity index (χ0n) is 13.2. The smallest absolute Gasteiger partial charge is 0.114 e. The van der Waals surface area contributed by atoms with Crippen molar-refractivity contribution in [2.24, 2.45) is 7.05 Å². The largest absolute Gasteiger partial charge is 0.383 e. The number of nitrogens with one attached hydrogen (secondary N) is 1. The Morgan fingerprint density at radius 1 is 1.45 bits per heavy atom. The minimum absolute atomic E-state index is 0.0178. The first-order chi connectivity index (χ1) is 10.8. The van der Waals surface area contributed by atoms with Gasteiger partial charge in [0.2, 0.25) is 0 Å². The van der Waals surface area contributed by atoms with Gasteiger partial charge in [0.25, 0.3) is 0 Å². The van der Waals surface area contributed by atoms with Crippen LogP contribution in [-0.4, -0.2) is 46.4 Å². The van der Waals surface area contributed by atoms with E-state index in [1.807, 2.05) is 28.8 Å². The average Bonchev–Trinajstić information content (AvgIpc) is 3.11. The zero-order valence-corrected chi connectivity index (χ0v) is 13.2. The Balaban J connectivity index is 1.57. The SMILES string of the molecule is COCCn1cc2c(n1)C(CNCc1cnn(C)c1)OCC2. The highest BCUT2D eigenvalue weighted by Gasteiger charge is 2.24. The fourth-order valence-electron chi connectivity index (χ4n) is 2.70. The summed E-state index contributed by atoms with van der Waals surface area (Å²) in [5.74, 6) is 0. The van der Waals surface area contributed by atoms with Crippen LogP contribution in [0.4, 0.5) is 0 Å². The van der Waals surface area contributed by atoms with E-state index in [0.717, 1.165) is 38.4 Å². The van der Waals surface area contributed by atoms with Crippen LogP contribution in [-0.2, 0) is 36.0 Å². The van der Waals surface area contributed by atoms with Crippen LogP contribution in [0, 0.1) is 0 Å². The molecule has 0 amide bonds. The summed E-state index contributed by atoms with van der Waals surface area (Å²) < 4.78 is 14.7. The van der Waals surface area contributed by atoms with Crippen LogP contribution in [0.3, 0.4) is 0 Å². The molecule has 22 heavy (non-hydrogen) atoms. The minimum atomic E-state index is 0.0178. The van der Waals surface area contributed by atoms with E-state index in [1.165, 1.54) is 11.1 Å². The van der Waals surface area contributed by atoms with Gasteiger partial charge in [-0.2, -0.15) is 10.2 Å². The van der Waals surface area contributed by atoms with Crippen molar-refractivity contribution in [3.8, 4) is 0 Å². The van der Waals surface area contributed by atoms with Crippen LogP contribution in [0.25, 0.3) is 0 Å². The first kappa shape index (κ1) is 15.2. The van der Waals surface area contributed by atoms with Gasteiger partial charge in [-0.25, -0.2) is 0 Å². The molecule has 0 saturated heterocycles. The van der Waals surface area contributed by atoms with Gasteiger partial charge >= 0.3 is 0 Å². The topological polar surface area (TPSA) is 66.1 Å².